The van der Waals surface area contributed by atoms with Crippen molar-refractivity contribution in [3.63, 3.8) is 0 Å². The van der Waals surface area contributed by atoms with Gasteiger partial charge >= 0.3 is 6.09 Å². The van der Waals surface area contributed by atoms with Crippen LogP contribution in [0.15, 0.2) is 24.3 Å². The predicted molar refractivity (Wildman–Crippen MR) is 60.5 cm³/mol. The van der Waals surface area contributed by atoms with E-state index >= 15 is 0 Å². The van der Waals surface area contributed by atoms with Crippen LogP contribution in [0.1, 0.15) is 0 Å². The maximum absolute atomic E-state index is 11.5. The fourth-order valence-electron chi connectivity index (χ4n) is 1.57. The lowest BCUT2D eigenvalue weighted by Gasteiger charge is -2.04. The molecule has 70 valence electrons. The summed E-state index contributed by atoms with van der Waals surface area (Å²) in [5, 5.41) is 0.750. The van der Waals surface area contributed by atoms with Crippen LogP contribution in [0.25, 0.3) is 10.9 Å². The molecule has 0 unspecified atom stereocenters. The average Bonchev–Trinajstić information content (AvgIpc) is 2.52. The van der Waals surface area contributed by atoms with Crippen molar-refractivity contribution in [1.29, 1.82) is 0 Å². The zero-order valence-electron chi connectivity index (χ0n) is 8.23. The lowest BCUT2D eigenvalue weighted by atomic mass is 9.85. The van der Waals surface area contributed by atoms with E-state index in [4.69, 9.17) is 15.7 Å². The number of benzene rings is 1. The molecule has 0 atom stereocenters. The van der Waals surface area contributed by atoms with Gasteiger partial charge in [-0.3, -0.25) is 4.57 Å². The molecule has 0 saturated heterocycles. The fraction of sp³-hybridized carbons (Fsp3) is 0.100. The maximum atomic E-state index is 11.5. The van der Waals surface area contributed by atoms with Gasteiger partial charge in [-0.1, -0.05) is 23.7 Å². The Bertz CT molecular complexity index is 533. The summed E-state index contributed by atoms with van der Waals surface area (Å²) in [6, 6.07) is 7.21. The minimum absolute atomic E-state index is 0.211. The predicted octanol–water partition coefficient (Wildman–Crippen LogP) is -0.157. The first kappa shape index (κ1) is 9.90. The molecule has 1 heterocycles. The minimum atomic E-state index is -0.541. The highest BCUT2D eigenvalue weighted by molar-refractivity contribution is 6.53. The second-order valence-corrected chi connectivity index (χ2v) is 3.12. The number of carbonyl (C=O) groups is 1. The topological polar surface area (TPSA) is 31.2 Å². The number of aromatic nitrogens is 1. The molecule has 0 amide bonds. The van der Waals surface area contributed by atoms with Gasteiger partial charge in [-0.15, -0.1) is 0 Å². The summed E-state index contributed by atoms with van der Waals surface area (Å²) in [6.45, 7) is 0. The molecular weight excluding hydrogens is 188 g/mol. The molecule has 0 spiro atoms. The molecular formula is C10H7B2NO2. The summed E-state index contributed by atoms with van der Waals surface area (Å²) < 4.78 is 5.88. The summed E-state index contributed by atoms with van der Waals surface area (Å²) in [7, 11) is 12.8. The standard InChI is InChI=1S/C10H7B2NO2/c1-15-10(14)13-7-5-3-2-4-6(7)8(11)9(13)12/h2-5H,1H3. The van der Waals surface area contributed by atoms with Crippen molar-refractivity contribution < 1.29 is 9.53 Å². The Balaban J connectivity index is 2.83. The Labute approximate surface area is 89.8 Å². The smallest absolute Gasteiger partial charge is 0.417 e. The normalized spacial score (nSPS) is 10.5. The van der Waals surface area contributed by atoms with E-state index in [2.05, 4.69) is 4.74 Å². The third-order valence-corrected chi connectivity index (χ3v) is 2.31. The van der Waals surface area contributed by atoms with E-state index in [1.165, 1.54) is 11.7 Å². The molecule has 1 aromatic carbocycles. The van der Waals surface area contributed by atoms with Crippen LogP contribution in [0.4, 0.5) is 4.79 Å². The van der Waals surface area contributed by atoms with E-state index < -0.39 is 6.09 Å². The minimum Gasteiger partial charge on any atom is -0.452 e. The lowest BCUT2D eigenvalue weighted by Crippen LogP contribution is -2.33. The number of hydrogen-bond donors (Lipinski definition) is 0. The zero-order valence-corrected chi connectivity index (χ0v) is 8.23. The summed E-state index contributed by atoms with van der Waals surface area (Å²) in [6.07, 6.45) is -0.541. The SMILES string of the molecule is [B]c1c([B])n(C(=O)OC)c2ccccc12. The Kier molecular flexibility index (Phi) is 2.31. The lowest BCUT2D eigenvalue weighted by molar-refractivity contribution is 0.175. The summed E-state index contributed by atoms with van der Waals surface area (Å²) in [5.41, 5.74) is 1.26. The van der Waals surface area contributed by atoms with Gasteiger partial charge < -0.3 is 4.74 Å². The quantitative estimate of drug-likeness (QED) is 0.547. The molecule has 0 aliphatic carbocycles. The first-order valence-corrected chi connectivity index (χ1v) is 4.39. The molecule has 0 aliphatic heterocycles. The Morgan fingerprint density at radius 3 is 2.67 bits per heavy atom. The van der Waals surface area contributed by atoms with Crippen molar-refractivity contribution in [1.82, 2.24) is 4.57 Å². The summed E-state index contributed by atoms with van der Waals surface area (Å²) >= 11 is 0. The van der Waals surface area contributed by atoms with Crippen LogP contribution in [0.2, 0.25) is 0 Å². The number of hydrogen-bond acceptors (Lipinski definition) is 2. The molecule has 0 saturated carbocycles. The van der Waals surface area contributed by atoms with Crippen LogP contribution < -0.4 is 11.1 Å². The number of methoxy groups -OCH3 is 1. The fourth-order valence-corrected chi connectivity index (χ4v) is 1.57. The number of para-hydroxylation sites is 1. The molecule has 2 aromatic rings. The number of ether oxygens (including phenoxy) is 1. The van der Waals surface area contributed by atoms with E-state index in [1.807, 2.05) is 6.07 Å². The van der Waals surface area contributed by atoms with E-state index in [0.717, 1.165) is 5.39 Å². The first-order valence-electron chi connectivity index (χ1n) is 4.39. The molecule has 4 radical (unpaired) electrons. The Morgan fingerprint density at radius 2 is 2.00 bits per heavy atom. The Hall–Kier alpha value is -1.64. The number of rotatable bonds is 0. The zero-order chi connectivity index (χ0) is 11.0. The van der Waals surface area contributed by atoms with Gasteiger partial charge in [-0.05, 0) is 17.0 Å². The molecule has 1 aromatic heterocycles. The van der Waals surface area contributed by atoms with Crippen molar-refractivity contribution in [3.05, 3.63) is 24.3 Å². The molecule has 15 heavy (non-hydrogen) atoms. The van der Waals surface area contributed by atoms with Crippen molar-refractivity contribution >= 4 is 43.7 Å². The van der Waals surface area contributed by atoms with Gasteiger partial charge in [0, 0.05) is 0 Å². The van der Waals surface area contributed by atoms with Gasteiger partial charge in [0.05, 0.1) is 12.6 Å². The highest BCUT2D eigenvalue weighted by Crippen LogP contribution is 2.11. The molecule has 0 N–H and O–H groups in total. The highest BCUT2D eigenvalue weighted by atomic mass is 16.5. The molecule has 0 aliphatic rings. The van der Waals surface area contributed by atoms with Gasteiger partial charge in [0.1, 0.15) is 15.7 Å². The maximum Gasteiger partial charge on any atom is 0.417 e. The van der Waals surface area contributed by atoms with Crippen molar-refractivity contribution in [2.45, 2.75) is 0 Å². The van der Waals surface area contributed by atoms with Crippen molar-refractivity contribution in [2.24, 2.45) is 0 Å². The number of fused-ring (bicyclic) bond motifs is 1. The van der Waals surface area contributed by atoms with Gasteiger partial charge in [-0.2, -0.15) is 0 Å². The number of carbonyl (C=O) groups excluding carboxylic acids is 1. The second kappa shape index (κ2) is 3.50. The summed E-state index contributed by atoms with van der Waals surface area (Å²) in [5.74, 6) is 0. The van der Waals surface area contributed by atoms with E-state index in [0.29, 0.717) is 11.0 Å². The Morgan fingerprint density at radius 1 is 1.33 bits per heavy atom. The molecule has 2 rings (SSSR count). The van der Waals surface area contributed by atoms with Crippen LogP contribution in [0.3, 0.4) is 0 Å². The summed E-state index contributed by atoms with van der Waals surface area (Å²) in [4.78, 5) is 11.5. The molecule has 5 heteroatoms. The second-order valence-electron chi connectivity index (χ2n) is 3.12. The molecule has 0 bridgehead atoms. The van der Waals surface area contributed by atoms with Gasteiger partial charge in [-0.25, -0.2) is 4.79 Å². The molecule has 3 nitrogen and oxygen atoms in total. The average molecular weight is 195 g/mol. The third kappa shape index (κ3) is 1.35. The van der Waals surface area contributed by atoms with E-state index in [-0.39, 0.29) is 5.59 Å². The molecule has 0 fully saturated rings. The first-order chi connectivity index (χ1) is 7.16. The van der Waals surface area contributed by atoms with E-state index in [9.17, 15) is 4.79 Å². The van der Waals surface area contributed by atoms with Gasteiger partial charge in [0.15, 0.2) is 0 Å². The largest absolute Gasteiger partial charge is 0.452 e. The third-order valence-electron chi connectivity index (χ3n) is 2.31. The van der Waals surface area contributed by atoms with E-state index in [1.54, 1.807) is 18.2 Å². The van der Waals surface area contributed by atoms with Crippen molar-refractivity contribution in [2.75, 3.05) is 7.11 Å². The number of nitrogens with zero attached hydrogens (tertiary/aromatic N) is 1. The van der Waals surface area contributed by atoms with Crippen molar-refractivity contribution in [3.8, 4) is 0 Å². The van der Waals surface area contributed by atoms with Crippen LogP contribution in [-0.2, 0) is 4.74 Å². The van der Waals surface area contributed by atoms with Crippen LogP contribution in [0.5, 0.6) is 0 Å². The monoisotopic (exact) mass is 195 g/mol. The van der Waals surface area contributed by atoms with Gasteiger partial charge in [0.25, 0.3) is 0 Å². The van der Waals surface area contributed by atoms with Crippen LogP contribution in [-0.4, -0.2) is 33.5 Å². The van der Waals surface area contributed by atoms with Crippen LogP contribution in [0, 0.1) is 0 Å². The highest BCUT2D eigenvalue weighted by Gasteiger charge is 2.14. The van der Waals surface area contributed by atoms with Crippen LogP contribution >= 0.6 is 0 Å². The van der Waals surface area contributed by atoms with Gasteiger partial charge in [0.2, 0.25) is 0 Å².